The second-order valence-electron chi connectivity index (χ2n) is 2.57. The summed E-state index contributed by atoms with van der Waals surface area (Å²) in [6.07, 6.45) is 2.99. The van der Waals surface area contributed by atoms with Crippen molar-refractivity contribution < 1.29 is 9.53 Å². The van der Waals surface area contributed by atoms with E-state index in [2.05, 4.69) is 4.74 Å². The summed E-state index contributed by atoms with van der Waals surface area (Å²) in [5, 5.41) is -0.217. The summed E-state index contributed by atoms with van der Waals surface area (Å²) in [5.74, 6) is -0.428. The number of hydrogen-bond donors (Lipinski definition) is 0. The molecule has 14 heavy (non-hydrogen) atoms. The lowest BCUT2D eigenvalue weighted by Crippen LogP contribution is -2.04. The van der Waals surface area contributed by atoms with E-state index in [4.69, 9.17) is 46.4 Å². The number of ether oxygens (including phenoxy) is 1. The topological polar surface area (TPSA) is 26.3 Å². The number of hydrogen-bond acceptors (Lipinski definition) is 2. The van der Waals surface area contributed by atoms with Crippen molar-refractivity contribution in [3.63, 3.8) is 0 Å². The molecule has 6 heteroatoms. The zero-order valence-corrected chi connectivity index (χ0v) is 10.6. The monoisotopic (exact) mass is 278 g/mol. The van der Waals surface area contributed by atoms with Crippen molar-refractivity contribution in [3.05, 3.63) is 11.3 Å². The van der Waals surface area contributed by atoms with Crippen LogP contribution >= 0.6 is 46.4 Å². The number of halogens is 4. The van der Waals surface area contributed by atoms with Gasteiger partial charge in [-0.1, -0.05) is 48.1 Å². The molecule has 0 radical (unpaired) electrons. The number of carbonyl (C=O) groups excluding carboxylic acids is 1. The smallest absolute Gasteiger partial charge is 0.312 e. The maximum Gasteiger partial charge on any atom is 0.312 e. The molecule has 0 saturated carbocycles. The minimum absolute atomic E-state index is 0.217. The van der Waals surface area contributed by atoms with Crippen LogP contribution in [0.15, 0.2) is 11.3 Å². The second-order valence-corrected chi connectivity index (χ2v) is 5.31. The van der Waals surface area contributed by atoms with E-state index in [0.29, 0.717) is 6.42 Å². The van der Waals surface area contributed by atoms with E-state index in [1.165, 1.54) is 0 Å². The lowest BCUT2D eigenvalue weighted by Gasteiger charge is -2.06. The minimum Gasteiger partial charge on any atom is -0.414 e. The van der Waals surface area contributed by atoms with Crippen LogP contribution in [0.2, 0.25) is 0 Å². The fourth-order valence-corrected chi connectivity index (χ4v) is 1.35. The predicted molar refractivity (Wildman–Crippen MR) is 59.8 cm³/mol. The van der Waals surface area contributed by atoms with E-state index >= 15 is 0 Å². The van der Waals surface area contributed by atoms with Gasteiger partial charge in [-0.2, -0.15) is 0 Å². The summed E-state index contributed by atoms with van der Waals surface area (Å²) in [6, 6.07) is 0. The first-order chi connectivity index (χ1) is 6.35. The molecule has 0 aromatic rings. The van der Waals surface area contributed by atoms with Gasteiger partial charge in [0.2, 0.25) is 3.79 Å². The molecular formula is C8H10Cl4O2. The van der Waals surface area contributed by atoms with Crippen molar-refractivity contribution >= 4 is 52.4 Å². The Morgan fingerprint density at radius 1 is 1.43 bits per heavy atom. The Bertz CT molecular complexity index is 220. The summed E-state index contributed by atoms with van der Waals surface area (Å²) in [6.45, 7) is 1.96. The molecule has 0 N–H and O–H groups in total. The molecule has 2 nitrogen and oxygen atoms in total. The first kappa shape index (κ1) is 14.4. The first-order valence-corrected chi connectivity index (χ1v) is 5.52. The van der Waals surface area contributed by atoms with Crippen LogP contribution in [0.25, 0.3) is 0 Å². The van der Waals surface area contributed by atoms with Gasteiger partial charge in [0.05, 0.1) is 0 Å². The van der Waals surface area contributed by atoms with Crippen LogP contribution in [0, 0.1) is 0 Å². The highest BCUT2D eigenvalue weighted by Gasteiger charge is 2.18. The summed E-state index contributed by atoms with van der Waals surface area (Å²) in [4.78, 5) is 11.0. The second kappa shape index (κ2) is 6.78. The standard InChI is InChI=1S/C8H10Cl4O2/c1-2-3-4-7(13)14-6(9)5-8(10,11)12/h5H,2-4H2,1H3. The number of carbonyl (C=O) groups is 1. The van der Waals surface area contributed by atoms with Crippen LogP contribution < -0.4 is 0 Å². The zero-order chi connectivity index (χ0) is 11.2. The van der Waals surface area contributed by atoms with Crippen LogP contribution in [0.3, 0.4) is 0 Å². The molecule has 0 aliphatic carbocycles. The Morgan fingerprint density at radius 3 is 2.43 bits per heavy atom. The maximum atomic E-state index is 11.0. The Hall–Kier alpha value is 0.370. The maximum absolute atomic E-state index is 11.0. The van der Waals surface area contributed by atoms with E-state index in [9.17, 15) is 4.79 Å². The fraction of sp³-hybridized carbons (Fsp3) is 0.625. The molecule has 82 valence electrons. The molecule has 0 aliphatic rings. The van der Waals surface area contributed by atoms with Gasteiger partial charge in [0.25, 0.3) is 0 Å². The van der Waals surface area contributed by atoms with Crippen molar-refractivity contribution in [2.75, 3.05) is 0 Å². The average Bonchev–Trinajstić information content (AvgIpc) is 1.96. The molecule has 0 aromatic heterocycles. The van der Waals surface area contributed by atoms with E-state index in [0.717, 1.165) is 18.9 Å². The number of rotatable bonds is 4. The van der Waals surface area contributed by atoms with E-state index in [1.54, 1.807) is 0 Å². The number of alkyl halides is 3. The van der Waals surface area contributed by atoms with Gasteiger partial charge in [-0.15, -0.1) is 0 Å². The van der Waals surface area contributed by atoms with Crippen molar-refractivity contribution in [1.82, 2.24) is 0 Å². The van der Waals surface area contributed by atoms with Gasteiger partial charge >= 0.3 is 5.97 Å². The molecule has 0 bridgehead atoms. The molecule has 0 spiro atoms. The summed E-state index contributed by atoms with van der Waals surface area (Å²) in [7, 11) is 0. The predicted octanol–water partition coefficient (Wildman–Crippen LogP) is 4.17. The van der Waals surface area contributed by atoms with Crippen LogP contribution in [0.1, 0.15) is 26.2 Å². The Kier molecular flexibility index (Phi) is 6.96. The first-order valence-electron chi connectivity index (χ1n) is 4.01. The van der Waals surface area contributed by atoms with E-state index < -0.39 is 9.76 Å². The highest BCUT2D eigenvalue weighted by atomic mass is 35.6. The molecule has 0 aromatic carbocycles. The third kappa shape index (κ3) is 8.95. The normalized spacial score (nSPS) is 12.8. The average molecular weight is 280 g/mol. The molecule has 0 atom stereocenters. The highest BCUT2D eigenvalue weighted by molar-refractivity contribution is 6.69. The zero-order valence-electron chi connectivity index (χ0n) is 7.53. The van der Waals surface area contributed by atoms with Crippen LogP contribution in [0.4, 0.5) is 0 Å². The third-order valence-electron chi connectivity index (χ3n) is 1.22. The number of allylic oxidation sites excluding steroid dienone is 1. The molecule has 0 unspecified atom stereocenters. The van der Waals surface area contributed by atoms with Gasteiger partial charge in [-0.3, -0.25) is 4.79 Å². The highest BCUT2D eigenvalue weighted by Crippen LogP contribution is 2.30. The summed E-state index contributed by atoms with van der Waals surface area (Å²) < 4.78 is 3.01. The largest absolute Gasteiger partial charge is 0.414 e. The van der Waals surface area contributed by atoms with Gasteiger partial charge in [0.15, 0.2) is 5.22 Å². The molecule has 0 amide bonds. The van der Waals surface area contributed by atoms with Crippen LogP contribution in [0.5, 0.6) is 0 Å². The molecule has 0 fully saturated rings. The minimum atomic E-state index is -1.65. The van der Waals surface area contributed by atoms with Crippen molar-refractivity contribution in [3.8, 4) is 0 Å². The molecule has 0 heterocycles. The van der Waals surface area contributed by atoms with Crippen LogP contribution in [-0.4, -0.2) is 9.76 Å². The Balaban J connectivity index is 3.99. The summed E-state index contributed by atoms with van der Waals surface area (Å²) >= 11 is 21.7. The third-order valence-corrected chi connectivity index (χ3v) is 1.74. The van der Waals surface area contributed by atoms with Gasteiger partial charge in [0, 0.05) is 12.5 Å². The van der Waals surface area contributed by atoms with E-state index in [-0.39, 0.29) is 5.22 Å². The number of esters is 1. The van der Waals surface area contributed by atoms with Crippen molar-refractivity contribution in [1.29, 1.82) is 0 Å². The molecule has 0 aliphatic heterocycles. The van der Waals surface area contributed by atoms with Crippen LogP contribution in [-0.2, 0) is 9.53 Å². The van der Waals surface area contributed by atoms with Crippen molar-refractivity contribution in [2.45, 2.75) is 30.0 Å². The quantitative estimate of drug-likeness (QED) is 0.439. The number of unbranched alkanes of at least 4 members (excludes halogenated alkanes) is 1. The molecular weight excluding hydrogens is 270 g/mol. The molecule has 0 saturated heterocycles. The SMILES string of the molecule is CCCCC(=O)OC(Cl)=CC(Cl)(Cl)Cl. The lowest BCUT2D eigenvalue weighted by molar-refractivity contribution is -0.138. The van der Waals surface area contributed by atoms with Gasteiger partial charge < -0.3 is 4.74 Å². The summed E-state index contributed by atoms with van der Waals surface area (Å²) in [5.41, 5.74) is 0. The lowest BCUT2D eigenvalue weighted by atomic mass is 10.3. The van der Waals surface area contributed by atoms with E-state index in [1.807, 2.05) is 6.92 Å². The van der Waals surface area contributed by atoms with Crippen molar-refractivity contribution in [2.24, 2.45) is 0 Å². The van der Waals surface area contributed by atoms with Gasteiger partial charge in [-0.05, 0) is 18.0 Å². The van der Waals surface area contributed by atoms with Gasteiger partial charge in [-0.25, -0.2) is 0 Å². The van der Waals surface area contributed by atoms with Gasteiger partial charge in [0.1, 0.15) is 0 Å². The molecule has 0 rings (SSSR count). The Labute approximate surface area is 103 Å². The fourth-order valence-electron chi connectivity index (χ4n) is 0.639. The Morgan fingerprint density at radius 2 is 2.00 bits per heavy atom.